The van der Waals surface area contributed by atoms with Crippen molar-refractivity contribution < 1.29 is 38.1 Å². The van der Waals surface area contributed by atoms with Gasteiger partial charge in [0.05, 0.1) is 43.1 Å². The zero-order valence-corrected chi connectivity index (χ0v) is 33.4. The number of carbonyl (C=O) groups excluding carboxylic acids is 4. The number of phenols is 1. The number of methoxy groups -OCH3 is 2. The minimum absolute atomic E-state index is 0.0912. The van der Waals surface area contributed by atoms with E-state index >= 15 is 4.79 Å². The third kappa shape index (κ3) is 6.26. The highest BCUT2D eigenvalue weighted by Gasteiger charge is 2.70. The average Bonchev–Trinajstić information content (AvgIpc) is 3.63. The molecule has 0 aromatic heterocycles. The topological polar surface area (TPSA) is 129 Å². The van der Waals surface area contributed by atoms with Crippen molar-refractivity contribution in [2.45, 2.75) is 49.6 Å². The maximum absolute atomic E-state index is 15.5. The van der Waals surface area contributed by atoms with Crippen molar-refractivity contribution in [1.29, 1.82) is 0 Å². The van der Waals surface area contributed by atoms with Gasteiger partial charge in [0, 0.05) is 36.6 Å². The Bertz CT molecular complexity index is 2330. The van der Waals surface area contributed by atoms with Crippen LogP contribution in [0.15, 0.2) is 103 Å². The van der Waals surface area contributed by atoms with Crippen LogP contribution in [0.2, 0.25) is 5.02 Å². The number of phenolic OH excluding ortho intramolecular Hbond substituents is 1. The van der Waals surface area contributed by atoms with Gasteiger partial charge in [0.15, 0.2) is 11.5 Å². The van der Waals surface area contributed by atoms with Crippen molar-refractivity contribution in [3.8, 4) is 17.2 Å². The molecule has 9 rings (SSSR count). The zero-order valence-electron chi connectivity index (χ0n) is 32.6. The fourth-order valence-electron chi connectivity index (χ4n) is 10.7. The number of hydrazine groups is 1. The minimum Gasteiger partial charge on any atom is -0.502 e. The van der Waals surface area contributed by atoms with Crippen LogP contribution in [0.4, 0.5) is 10.1 Å². The summed E-state index contributed by atoms with van der Waals surface area (Å²) in [4.78, 5) is 63.6. The number of fused-ring (bicyclic) bond motifs is 4. The van der Waals surface area contributed by atoms with Crippen molar-refractivity contribution in [1.82, 2.24) is 14.8 Å². The summed E-state index contributed by atoms with van der Waals surface area (Å²) in [5.74, 6) is -5.94. The van der Waals surface area contributed by atoms with E-state index in [0.29, 0.717) is 34.7 Å². The van der Waals surface area contributed by atoms with Gasteiger partial charge in [-0.3, -0.25) is 34.4 Å². The lowest BCUT2D eigenvalue weighted by molar-refractivity contribution is -0.144. The number of nitrogens with zero attached hydrogens (tertiary/aromatic N) is 3. The molecule has 11 nitrogen and oxygen atoms in total. The van der Waals surface area contributed by atoms with Crippen LogP contribution in [0.3, 0.4) is 0 Å². The fraction of sp³-hybridized carbons (Fsp3) is 0.348. The Morgan fingerprint density at radius 1 is 0.847 bits per heavy atom. The number of nitrogens with one attached hydrogen (secondary N) is 1. The van der Waals surface area contributed by atoms with Gasteiger partial charge in [0.25, 0.3) is 11.8 Å². The SMILES string of the molecule is COc1cc(C2C3=CCC4C(=O)N(C5CCN(Cc6ccccc6)CC5)C(=O)C4C3CC3C(=O)N(Nc4ccc(F)cc4)C(=O)C32c2ccc(Cl)cc2)cc(OC)c1O. The Balaban J connectivity index is 1.14. The maximum atomic E-state index is 15.5. The third-order valence-electron chi connectivity index (χ3n) is 13.3. The lowest BCUT2D eigenvalue weighted by Gasteiger charge is -2.50. The molecule has 1 saturated carbocycles. The highest BCUT2D eigenvalue weighted by Crippen LogP contribution is 2.65. The molecule has 304 valence electrons. The summed E-state index contributed by atoms with van der Waals surface area (Å²) in [6.07, 6.45) is 3.68. The monoisotopic (exact) mass is 818 g/mol. The molecule has 0 spiro atoms. The Kier molecular flexibility index (Phi) is 9.95. The highest BCUT2D eigenvalue weighted by molar-refractivity contribution is 6.30. The number of piperidine rings is 1. The van der Waals surface area contributed by atoms with Crippen LogP contribution in [0.5, 0.6) is 17.2 Å². The van der Waals surface area contributed by atoms with Crippen LogP contribution in [-0.4, -0.2) is 76.9 Å². The molecular weight excluding hydrogens is 775 g/mol. The van der Waals surface area contributed by atoms with Crippen molar-refractivity contribution in [2.24, 2.45) is 23.7 Å². The van der Waals surface area contributed by atoms with Gasteiger partial charge in [0.1, 0.15) is 5.82 Å². The second kappa shape index (κ2) is 15.1. The van der Waals surface area contributed by atoms with Gasteiger partial charge >= 0.3 is 0 Å². The van der Waals surface area contributed by atoms with E-state index in [9.17, 15) is 23.9 Å². The molecular formula is C46H44ClFN4O7. The summed E-state index contributed by atoms with van der Waals surface area (Å²) >= 11 is 6.42. The van der Waals surface area contributed by atoms with Crippen molar-refractivity contribution in [2.75, 3.05) is 32.7 Å². The van der Waals surface area contributed by atoms with Crippen LogP contribution in [-0.2, 0) is 31.1 Å². The second-order valence-corrected chi connectivity index (χ2v) is 16.6. The first kappa shape index (κ1) is 38.8. The standard InChI is InChI=1S/C46H44ClFN4O7/c1-58-37-22-27(23-38(59-2)41(37)53)40-33-16-17-34-39(44(56)51(42(34)54)32-18-20-50(21-19-32)25-26-6-4-3-5-7-26)35(33)24-36-43(55)52(49-31-14-12-30(48)13-15-31)45(57)46(36,40)28-8-10-29(47)11-9-28/h3-16,22-23,32,34-36,39-40,49,53H,17-21,24-25H2,1-2H3. The summed E-state index contributed by atoms with van der Waals surface area (Å²) < 4.78 is 25.2. The quantitative estimate of drug-likeness (QED) is 0.138. The molecule has 6 atom stereocenters. The first-order chi connectivity index (χ1) is 28.5. The zero-order chi connectivity index (χ0) is 41.2. The van der Waals surface area contributed by atoms with E-state index in [0.717, 1.165) is 30.2 Å². The number of rotatable bonds is 9. The van der Waals surface area contributed by atoms with Gasteiger partial charge < -0.3 is 14.6 Å². The second-order valence-electron chi connectivity index (χ2n) is 16.2. The molecule has 4 aromatic carbocycles. The lowest BCUT2D eigenvalue weighted by atomic mass is 9.49. The van der Waals surface area contributed by atoms with Gasteiger partial charge in [-0.1, -0.05) is 65.7 Å². The van der Waals surface area contributed by atoms with E-state index in [1.165, 1.54) is 48.9 Å². The predicted molar refractivity (Wildman–Crippen MR) is 217 cm³/mol. The molecule has 0 bridgehead atoms. The number of benzene rings is 4. The number of aromatic hydroxyl groups is 1. The third-order valence-corrected chi connectivity index (χ3v) is 13.5. The predicted octanol–water partition coefficient (Wildman–Crippen LogP) is 6.85. The number of anilines is 1. The van der Waals surface area contributed by atoms with Gasteiger partial charge in [-0.05, 0) is 96.8 Å². The summed E-state index contributed by atoms with van der Waals surface area (Å²) in [6, 6.07) is 25.4. The molecule has 4 amide bonds. The fourth-order valence-corrected chi connectivity index (χ4v) is 10.8. The molecule has 59 heavy (non-hydrogen) atoms. The van der Waals surface area contributed by atoms with Crippen LogP contribution in [0, 0.1) is 29.5 Å². The van der Waals surface area contributed by atoms with E-state index in [4.69, 9.17) is 21.1 Å². The number of imide groups is 2. The van der Waals surface area contributed by atoms with Crippen molar-refractivity contribution in [3.05, 3.63) is 130 Å². The molecule has 5 aliphatic rings. The number of ether oxygens (including phenoxy) is 2. The molecule has 6 unspecified atom stereocenters. The number of hydrogen-bond acceptors (Lipinski definition) is 9. The minimum atomic E-state index is -1.60. The molecule has 3 saturated heterocycles. The van der Waals surface area contributed by atoms with Gasteiger partial charge in [-0.2, -0.15) is 5.01 Å². The number of carbonyl (C=O) groups is 4. The number of hydrogen-bond donors (Lipinski definition) is 2. The smallest absolute Gasteiger partial charge is 0.260 e. The molecule has 13 heteroatoms. The van der Waals surface area contributed by atoms with Crippen LogP contribution in [0.25, 0.3) is 0 Å². The molecule has 4 aromatic rings. The lowest BCUT2D eigenvalue weighted by Crippen LogP contribution is -2.53. The Labute approximate surface area is 346 Å². The molecule has 3 heterocycles. The first-order valence-corrected chi connectivity index (χ1v) is 20.4. The molecule has 4 fully saturated rings. The Morgan fingerprint density at radius 2 is 1.51 bits per heavy atom. The van der Waals surface area contributed by atoms with E-state index in [1.807, 2.05) is 24.3 Å². The van der Waals surface area contributed by atoms with Crippen LogP contribution < -0.4 is 14.9 Å². The van der Waals surface area contributed by atoms with E-state index in [-0.39, 0.29) is 47.9 Å². The maximum Gasteiger partial charge on any atom is 0.260 e. The Hall–Kier alpha value is -5.72. The number of halogens is 2. The Morgan fingerprint density at radius 3 is 2.15 bits per heavy atom. The number of allylic oxidation sites excluding steroid dienone is 2. The largest absolute Gasteiger partial charge is 0.502 e. The number of amides is 4. The molecule has 2 N–H and O–H groups in total. The summed E-state index contributed by atoms with van der Waals surface area (Å²) in [5.41, 5.74) is 4.67. The van der Waals surface area contributed by atoms with E-state index < -0.39 is 52.6 Å². The number of likely N-dealkylation sites (tertiary alicyclic amines) is 2. The highest BCUT2D eigenvalue weighted by atomic mass is 35.5. The van der Waals surface area contributed by atoms with Gasteiger partial charge in [-0.25, -0.2) is 4.39 Å². The van der Waals surface area contributed by atoms with E-state index in [1.54, 1.807) is 36.4 Å². The van der Waals surface area contributed by atoms with Crippen molar-refractivity contribution >= 4 is 40.9 Å². The summed E-state index contributed by atoms with van der Waals surface area (Å²) in [7, 11) is 2.82. The first-order valence-electron chi connectivity index (χ1n) is 20.0. The van der Waals surface area contributed by atoms with Crippen LogP contribution >= 0.6 is 11.6 Å². The molecule has 3 aliphatic heterocycles. The van der Waals surface area contributed by atoms with Crippen molar-refractivity contribution in [3.63, 3.8) is 0 Å². The molecule has 0 radical (unpaired) electrons. The van der Waals surface area contributed by atoms with E-state index in [2.05, 4.69) is 22.5 Å². The summed E-state index contributed by atoms with van der Waals surface area (Å²) in [5, 5.41) is 12.5. The van der Waals surface area contributed by atoms with Gasteiger partial charge in [-0.15, -0.1) is 0 Å². The average molecular weight is 819 g/mol. The van der Waals surface area contributed by atoms with Crippen LogP contribution in [0.1, 0.15) is 48.3 Å². The van der Waals surface area contributed by atoms with Gasteiger partial charge in [0.2, 0.25) is 17.6 Å². The summed E-state index contributed by atoms with van der Waals surface area (Å²) in [6.45, 7) is 2.27. The molecule has 2 aliphatic carbocycles. The normalized spacial score (nSPS) is 27.0.